The van der Waals surface area contributed by atoms with E-state index in [0.29, 0.717) is 47.6 Å². The summed E-state index contributed by atoms with van der Waals surface area (Å²) in [5.74, 6) is 0.324. The molecule has 3 aromatic rings. The monoisotopic (exact) mass is 469 g/mol. The van der Waals surface area contributed by atoms with E-state index in [4.69, 9.17) is 4.74 Å². The molecule has 0 saturated carbocycles. The number of nitrogens with zero attached hydrogens (tertiary/aromatic N) is 3. The summed E-state index contributed by atoms with van der Waals surface area (Å²) in [6.45, 7) is 4.27. The van der Waals surface area contributed by atoms with Gasteiger partial charge in [0, 0.05) is 31.9 Å². The van der Waals surface area contributed by atoms with Crippen LogP contribution in [0.4, 0.5) is 25.7 Å². The summed E-state index contributed by atoms with van der Waals surface area (Å²) < 4.78 is 18.5. The Kier molecular flexibility index (Phi) is 6.74. The van der Waals surface area contributed by atoms with Gasteiger partial charge in [0.25, 0.3) is 5.91 Å². The second kappa shape index (κ2) is 9.86. The molecule has 1 fully saturated rings. The third-order valence-corrected chi connectivity index (χ3v) is 6.37. The van der Waals surface area contributed by atoms with Crippen LogP contribution in [0.1, 0.15) is 15.4 Å². The van der Waals surface area contributed by atoms with Crippen LogP contribution in [0.15, 0.2) is 48.5 Å². The number of methoxy groups -OCH3 is 1. The Morgan fingerprint density at radius 3 is 2.42 bits per heavy atom. The summed E-state index contributed by atoms with van der Waals surface area (Å²) in [6.07, 6.45) is 0. The van der Waals surface area contributed by atoms with E-state index in [2.05, 4.69) is 20.5 Å². The van der Waals surface area contributed by atoms with Crippen molar-refractivity contribution in [2.75, 3.05) is 48.8 Å². The zero-order valence-electron chi connectivity index (χ0n) is 18.3. The molecule has 10 heteroatoms. The Morgan fingerprint density at radius 2 is 1.73 bits per heavy atom. The lowest BCUT2D eigenvalue weighted by Gasteiger charge is -2.36. The number of aryl methyl sites for hydroxylation is 1. The van der Waals surface area contributed by atoms with Crippen molar-refractivity contribution in [3.63, 3.8) is 0 Å². The molecule has 1 aliphatic heterocycles. The number of amides is 3. The van der Waals surface area contributed by atoms with Crippen molar-refractivity contribution in [2.24, 2.45) is 0 Å². The normalized spacial score (nSPS) is 13.5. The van der Waals surface area contributed by atoms with Crippen LogP contribution in [-0.4, -0.2) is 55.1 Å². The zero-order valence-corrected chi connectivity index (χ0v) is 19.1. The van der Waals surface area contributed by atoms with Crippen molar-refractivity contribution in [3.8, 4) is 5.75 Å². The predicted molar refractivity (Wildman–Crippen MR) is 127 cm³/mol. The van der Waals surface area contributed by atoms with Crippen LogP contribution in [0.2, 0.25) is 0 Å². The molecule has 4 rings (SSSR count). The molecule has 1 saturated heterocycles. The smallest absolute Gasteiger partial charge is 0.325 e. The quantitative estimate of drug-likeness (QED) is 0.585. The van der Waals surface area contributed by atoms with Gasteiger partial charge >= 0.3 is 6.03 Å². The molecule has 0 bridgehead atoms. The summed E-state index contributed by atoms with van der Waals surface area (Å²) in [6, 6.07) is 12.8. The lowest BCUT2D eigenvalue weighted by molar-refractivity contribution is 0.0750. The lowest BCUT2D eigenvalue weighted by Crippen LogP contribution is -2.48. The SMILES string of the molecule is COc1ccccc1N1CCN(C(=O)c2sc(NC(=O)Nc3ccc(F)cc3)nc2C)CC1. The molecular weight excluding hydrogens is 445 g/mol. The number of nitrogens with one attached hydrogen (secondary N) is 2. The van der Waals surface area contributed by atoms with Gasteiger partial charge in [-0.1, -0.05) is 23.5 Å². The van der Waals surface area contributed by atoms with Crippen LogP contribution in [0, 0.1) is 12.7 Å². The number of carbonyl (C=O) groups excluding carboxylic acids is 2. The van der Waals surface area contributed by atoms with E-state index in [1.807, 2.05) is 24.3 Å². The van der Waals surface area contributed by atoms with Crippen LogP contribution in [0.5, 0.6) is 5.75 Å². The topological polar surface area (TPSA) is 86.8 Å². The predicted octanol–water partition coefficient (Wildman–Crippen LogP) is 4.21. The minimum Gasteiger partial charge on any atom is -0.495 e. The highest BCUT2D eigenvalue weighted by Crippen LogP contribution is 2.29. The molecule has 2 N–H and O–H groups in total. The molecule has 0 radical (unpaired) electrons. The maximum absolute atomic E-state index is 13.1. The van der Waals surface area contributed by atoms with Crippen LogP contribution in [0.3, 0.4) is 0 Å². The molecule has 8 nitrogen and oxygen atoms in total. The fourth-order valence-corrected chi connectivity index (χ4v) is 4.56. The highest BCUT2D eigenvalue weighted by Gasteiger charge is 2.26. The average Bonchev–Trinajstić information content (AvgIpc) is 3.19. The molecule has 2 heterocycles. The molecule has 2 aromatic carbocycles. The molecule has 1 aromatic heterocycles. The molecule has 1 aliphatic rings. The molecule has 0 aliphatic carbocycles. The minimum atomic E-state index is -0.514. The Bertz CT molecular complexity index is 1140. The Morgan fingerprint density at radius 1 is 1.03 bits per heavy atom. The number of carbonyl (C=O) groups is 2. The maximum Gasteiger partial charge on any atom is 0.325 e. The average molecular weight is 470 g/mol. The summed E-state index contributed by atoms with van der Waals surface area (Å²) in [7, 11) is 1.65. The van der Waals surface area contributed by atoms with Gasteiger partial charge in [-0.25, -0.2) is 14.2 Å². The van der Waals surface area contributed by atoms with Crippen LogP contribution in [0.25, 0.3) is 0 Å². The van der Waals surface area contributed by atoms with E-state index < -0.39 is 6.03 Å². The third-order valence-electron chi connectivity index (χ3n) is 5.31. The number of piperazine rings is 1. The first kappa shape index (κ1) is 22.5. The standard InChI is InChI=1S/C23H24FN5O3S/c1-15-20(33-23(25-15)27-22(31)26-17-9-7-16(24)8-10-17)21(30)29-13-11-28(12-14-29)18-5-3-4-6-19(18)32-2/h3-10H,11-14H2,1-2H3,(H2,25,26,27,31). The number of hydrogen-bond donors (Lipinski definition) is 2. The van der Waals surface area contributed by atoms with E-state index in [-0.39, 0.29) is 11.7 Å². The van der Waals surface area contributed by atoms with Crippen molar-refractivity contribution in [1.29, 1.82) is 0 Å². The minimum absolute atomic E-state index is 0.100. The number of urea groups is 1. The number of hydrogen-bond acceptors (Lipinski definition) is 6. The molecular formula is C23H24FN5O3S. The Balaban J connectivity index is 1.36. The number of anilines is 3. The van der Waals surface area contributed by atoms with Crippen LogP contribution < -0.4 is 20.3 Å². The number of thiazole rings is 1. The summed E-state index contributed by atoms with van der Waals surface area (Å²) in [5.41, 5.74) is 2.03. The van der Waals surface area contributed by atoms with Crippen LogP contribution >= 0.6 is 11.3 Å². The second-order valence-electron chi connectivity index (χ2n) is 7.47. The number of benzene rings is 2. The number of ether oxygens (including phenoxy) is 1. The van der Waals surface area contributed by atoms with Gasteiger partial charge in [-0.05, 0) is 43.3 Å². The molecule has 0 atom stereocenters. The van der Waals surface area contributed by atoms with Gasteiger partial charge in [-0.15, -0.1) is 0 Å². The lowest BCUT2D eigenvalue weighted by atomic mass is 10.2. The van der Waals surface area contributed by atoms with Gasteiger partial charge in [-0.2, -0.15) is 0 Å². The highest BCUT2D eigenvalue weighted by molar-refractivity contribution is 7.17. The largest absolute Gasteiger partial charge is 0.495 e. The van der Waals surface area contributed by atoms with Crippen molar-refractivity contribution in [1.82, 2.24) is 9.88 Å². The van der Waals surface area contributed by atoms with Crippen molar-refractivity contribution >= 4 is 39.8 Å². The van der Waals surface area contributed by atoms with Crippen molar-refractivity contribution < 1.29 is 18.7 Å². The summed E-state index contributed by atoms with van der Waals surface area (Å²) in [4.78, 5) is 34.1. The number of rotatable bonds is 5. The maximum atomic E-state index is 13.1. The van der Waals surface area contributed by atoms with E-state index in [1.54, 1.807) is 18.9 Å². The first-order valence-corrected chi connectivity index (χ1v) is 11.2. The number of para-hydroxylation sites is 2. The van der Waals surface area contributed by atoms with Gasteiger partial charge in [0.15, 0.2) is 5.13 Å². The van der Waals surface area contributed by atoms with Gasteiger partial charge in [0.05, 0.1) is 18.5 Å². The molecule has 172 valence electrons. The second-order valence-corrected chi connectivity index (χ2v) is 8.47. The number of aromatic nitrogens is 1. The van der Waals surface area contributed by atoms with E-state index in [0.717, 1.165) is 22.8 Å². The van der Waals surface area contributed by atoms with Gasteiger partial charge < -0.3 is 19.9 Å². The summed E-state index contributed by atoms with van der Waals surface area (Å²) >= 11 is 1.14. The van der Waals surface area contributed by atoms with E-state index >= 15 is 0 Å². The third kappa shape index (κ3) is 5.23. The van der Waals surface area contributed by atoms with Crippen molar-refractivity contribution in [2.45, 2.75) is 6.92 Å². The zero-order chi connectivity index (χ0) is 23.4. The van der Waals surface area contributed by atoms with Gasteiger partial charge in [0.1, 0.15) is 16.4 Å². The van der Waals surface area contributed by atoms with E-state index in [1.165, 1.54) is 24.3 Å². The molecule has 0 unspecified atom stereocenters. The fourth-order valence-electron chi connectivity index (χ4n) is 3.63. The van der Waals surface area contributed by atoms with Crippen LogP contribution in [-0.2, 0) is 0 Å². The van der Waals surface area contributed by atoms with Gasteiger partial charge in [0.2, 0.25) is 0 Å². The Hall–Kier alpha value is -3.66. The van der Waals surface area contributed by atoms with E-state index in [9.17, 15) is 14.0 Å². The summed E-state index contributed by atoms with van der Waals surface area (Å²) in [5, 5.41) is 5.57. The first-order chi connectivity index (χ1) is 15.9. The Labute approximate surface area is 195 Å². The fraction of sp³-hybridized carbons (Fsp3) is 0.261. The molecule has 3 amide bonds. The highest BCUT2D eigenvalue weighted by atomic mass is 32.1. The molecule has 0 spiro atoms. The van der Waals surface area contributed by atoms with Gasteiger partial charge in [-0.3, -0.25) is 10.1 Å². The van der Waals surface area contributed by atoms with Crippen molar-refractivity contribution in [3.05, 3.63) is 64.9 Å². The molecule has 33 heavy (non-hydrogen) atoms. The number of halogens is 1. The first-order valence-electron chi connectivity index (χ1n) is 10.4.